The third kappa shape index (κ3) is 4.30. The number of halogens is 1. The normalized spacial score (nSPS) is 23.7. The number of carbonyl (C=O) groups excluding carboxylic acids is 2. The predicted octanol–water partition coefficient (Wildman–Crippen LogP) is 2.36. The van der Waals surface area contributed by atoms with E-state index in [4.69, 9.17) is 4.74 Å². The second kappa shape index (κ2) is 7.85. The number of nitrogens with zero attached hydrogens (tertiary/aromatic N) is 1. The van der Waals surface area contributed by atoms with Gasteiger partial charge in [-0.3, -0.25) is 9.59 Å². The number of hydrogen-bond acceptors (Lipinski definition) is 3. The van der Waals surface area contributed by atoms with Crippen molar-refractivity contribution in [2.24, 2.45) is 11.8 Å². The van der Waals surface area contributed by atoms with Crippen LogP contribution >= 0.6 is 0 Å². The molecule has 1 aliphatic carbocycles. The lowest BCUT2D eigenvalue weighted by Crippen LogP contribution is -2.58. The lowest BCUT2D eigenvalue weighted by Gasteiger charge is -2.39. The van der Waals surface area contributed by atoms with Crippen molar-refractivity contribution >= 4 is 11.8 Å². The number of rotatable bonds is 5. The lowest BCUT2D eigenvalue weighted by atomic mass is 9.85. The number of ether oxygens (including phenoxy) is 1. The molecule has 0 bridgehead atoms. The molecule has 1 N–H and O–H groups in total. The Morgan fingerprint density at radius 2 is 1.96 bits per heavy atom. The van der Waals surface area contributed by atoms with Crippen LogP contribution in [0.4, 0.5) is 4.39 Å². The predicted molar refractivity (Wildman–Crippen MR) is 91.5 cm³/mol. The minimum Gasteiger partial charge on any atom is -0.481 e. The minimum absolute atomic E-state index is 0.0397. The zero-order chi connectivity index (χ0) is 17.8. The third-order valence-electron chi connectivity index (χ3n) is 5.23. The summed E-state index contributed by atoms with van der Waals surface area (Å²) in [5.41, 5.74) is 0. The fraction of sp³-hybridized carbons (Fsp3) is 0.579. The SMILES string of the molecule is CC1CCCCC1NC(=O)C1CN(C(=O)COc2ccccc2F)C1. The van der Waals surface area contributed by atoms with Gasteiger partial charge in [0, 0.05) is 19.1 Å². The van der Waals surface area contributed by atoms with Crippen molar-refractivity contribution in [2.45, 2.75) is 38.6 Å². The van der Waals surface area contributed by atoms with Crippen molar-refractivity contribution in [2.75, 3.05) is 19.7 Å². The van der Waals surface area contributed by atoms with Gasteiger partial charge in [-0.15, -0.1) is 0 Å². The molecule has 5 nitrogen and oxygen atoms in total. The summed E-state index contributed by atoms with van der Waals surface area (Å²) < 4.78 is 18.7. The number of hydrogen-bond donors (Lipinski definition) is 1. The number of para-hydroxylation sites is 1. The van der Waals surface area contributed by atoms with Crippen LogP contribution in [0.15, 0.2) is 24.3 Å². The molecule has 1 aliphatic heterocycles. The van der Waals surface area contributed by atoms with Gasteiger partial charge in [0.2, 0.25) is 5.91 Å². The summed E-state index contributed by atoms with van der Waals surface area (Å²) in [4.78, 5) is 25.9. The second-order valence-electron chi connectivity index (χ2n) is 7.09. The van der Waals surface area contributed by atoms with E-state index in [0.29, 0.717) is 19.0 Å². The van der Waals surface area contributed by atoms with Crippen molar-refractivity contribution < 1.29 is 18.7 Å². The molecule has 1 aromatic carbocycles. The highest BCUT2D eigenvalue weighted by Gasteiger charge is 2.37. The molecule has 1 saturated heterocycles. The Hall–Kier alpha value is -2.11. The summed E-state index contributed by atoms with van der Waals surface area (Å²) in [5, 5.41) is 3.14. The van der Waals surface area contributed by atoms with Crippen molar-refractivity contribution in [3.63, 3.8) is 0 Å². The topological polar surface area (TPSA) is 58.6 Å². The van der Waals surface area contributed by atoms with Gasteiger partial charge in [0.15, 0.2) is 18.2 Å². The standard InChI is InChI=1S/C19H25FN2O3/c1-13-6-2-4-8-16(13)21-19(24)14-10-22(11-14)18(23)12-25-17-9-5-3-7-15(17)20/h3,5,7,9,13-14,16H,2,4,6,8,10-12H2,1H3,(H,21,24). The average molecular weight is 348 g/mol. The molecule has 25 heavy (non-hydrogen) atoms. The van der Waals surface area contributed by atoms with Crippen LogP contribution in [0.1, 0.15) is 32.6 Å². The highest BCUT2D eigenvalue weighted by atomic mass is 19.1. The molecule has 6 heteroatoms. The first-order chi connectivity index (χ1) is 12.0. The van der Waals surface area contributed by atoms with Crippen LogP contribution in [0, 0.1) is 17.7 Å². The zero-order valence-electron chi connectivity index (χ0n) is 14.5. The zero-order valence-corrected chi connectivity index (χ0v) is 14.5. The van der Waals surface area contributed by atoms with Crippen LogP contribution in [0.5, 0.6) is 5.75 Å². The van der Waals surface area contributed by atoms with E-state index in [-0.39, 0.29) is 36.1 Å². The first-order valence-corrected chi connectivity index (χ1v) is 9.00. The van der Waals surface area contributed by atoms with Crippen LogP contribution in [-0.4, -0.2) is 42.5 Å². The maximum absolute atomic E-state index is 13.5. The molecule has 1 heterocycles. The van der Waals surface area contributed by atoms with Crippen LogP contribution in [0.2, 0.25) is 0 Å². The van der Waals surface area contributed by atoms with E-state index in [0.717, 1.165) is 19.3 Å². The summed E-state index contributed by atoms with van der Waals surface area (Å²) >= 11 is 0. The maximum Gasteiger partial charge on any atom is 0.260 e. The monoisotopic (exact) mass is 348 g/mol. The molecular formula is C19H25FN2O3. The average Bonchev–Trinajstić information content (AvgIpc) is 2.55. The molecule has 1 aromatic rings. The number of benzene rings is 1. The number of carbonyl (C=O) groups is 2. The molecular weight excluding hydrogens is 323 g/mol. The molecule has 2 atom stereocenters. The van der Waals surface area contributed by atoms with E-state index in [1.165, 1.54) is 18.6 Å². The van der Waals surface area contributed by atoms with Crippen molar-refractivity contribution in [1.29, 1.82) is 0 Å². The Kier molecular flexibility index (Phi) is 5.56. The summed E-state index contributed by atoms with van der Waals surface area (Å²) in [5.74, 6) is -0.234. The highest BCUT2D eigenvalue weighted by Crippen LogP contribution is 2.25. The summed E-state index contributed by atoms with van der Waals surface area (Å²) in [6, 6.07) is 6.25. The second-order valence-corrected chi connectivity index (χ2v) is 7.09. The van der Waals surface area contributed by atoms with E-state index < -0.39 is 5.82 Å². The summed E-state index contributed by atoms with van der Waals surface area (Å²) in [6.45, 7) is 2.79. The summed E-state index contributed by atoms with van der Waals surface area (Å²) in [6.07, 6.45) is 4.60. The molecule has 2 amide bonds. The van der Waals surface area contributed by atoms with Gasteiger partial charge in [-0.1, -0.05) is 31.9 Å². The van der Waals surface area contributed by atoms with Gasteiger partial charge in [0.25, 0.3) is 5.91 Å². The first-order valence-electron chi connectivity index (χ1n) is 9.00. The fourth-order valence-corrected chi connectivity index (χ4v) is 3.47. The molecule has 2 fully saturated rings. The lowest BCUT2D eigenvalue weighted by molar-refractivity contribution is -0.145. The van der Waals surface area contributed by atoms with Crippen LogP contribution < -0.4 is 10.1 Å². The Balaban J connectivity index is 1.40. The molecule has 1 saturated carbocycles. The molecule has 2 aliphatic rings. The highest BCUT2D eigenvalue weighted by molar-refractivity contribution is 5.85. The molecule has 0 radical (unpaired) electrons. The van der Waals surface area contributed by atoms with Crippen LogP contribution in [-0.2, 0) is 9.59 Å². The quantitative estimate of drug-likeness (QED) is 0.889. The maximum atomic E-state index is 13.5. The largest absolute Gasteiger partial charge is 0.481 e. The van der Waals surface area contributed by atoms with Crippen molar-refractivity contribution in [3.8, 4) is 5.75 Å². The van der Waals surface area contributed by atoms with Gasteiger partial charge in [0.05, 0.1) is 5.92 Å². The van der Waals surface area contributed by atoms with Gasteiger partial charge < -0.3 is 15.0 Å². The van der Waals surface area contributed by atoms with Gasteiger partial charge >= 0.3 is 0 Å². The minimum atomic E-state index is -0.488. The van der Waals surface area contributed by atoms with Crippen LogP contribution in [0.3, 0.4) is 0 Å². The third-order valence-corrected chi connectivity index (χ3v) is 5.23. The molecule has 3 rings (SSSR count). The Labute approximate surface area is 147 Å². The van der Waals surface area contributed by atoms with E-state index in [1.807, 2.05) is 0 Å². The van der Waals surface area contributed by atoms with Crippen molar-refractivity contribution in [1.82, 2.24) is 10.2 Å². The molecule has 0 aromatic heterocycles. The van der Waals surface area contributed by atoms with Gasteiger partial charge in [-0.25, -0.2) is 4.39 Å². The summed E-state index contributed by atoms with van der Waals surface area (Å²) in [7, 11) is 0. The number of nitrogens with one attached hydrogen (secondary N) is 1. The number of likely N-dealkylation sites (tertiary alicyclic amines) is 1. The van der Waals surface area contributed by atoms with Gasteiger partial charge in [-0.05, 0) is 30.9 Å². The van der Waals surface area contributed by atoms with Gasteiger partial charge in [-0.2, -0.15) is 0 Å². The Bertz CT molecular complexity index is 631. The Morgan fingerprint density at radius 1 is 1.24 bits per heavy atom. The molecule has 2 unspecified atom stereocenters. The van der Waals surface area contributed by atoms with E-state index in [9.17, 15) is 14.0 Å². The van der Waals surface area contributed by atoms with E-state index in [1.54, 1.807) is 17.0 Å². The molecule has 0 spiro atoms. The van der Waals surface area contributed by atoms with Crippen LogP contribution in [0.25, 0.3) is 0 Å². The Morgan fingerprint density at radius 3 is 2.68 bits per heavy atom. The van der Waals surface area contributed by atoms with E-state index in [2.05, 4.69) is 12.2 Å². The fourth-order valence-electron chi connectivity index (χ4n) is 3.47. The van der Waals surface area contributed by atoms with Crippen molar-refractivity contribution in [3.05, 3.63) is 30.1 Å². The molecule has 136 valence electrons. The van der Waals surface area contributed by atoms with E-state index >= 15 is 0 Å². The van der Waals surface area contributed by atoms with Gasteiger partial charge in [0.1, 0.15) is 0 Å². The number of amides is 2. The smallest absolute Gasteiger partial charge is 0.260 e. The first kappa shape index (κ1) is 17.7.